The van der Waals surface area contributed by atoms with Gasteiger partial charge in [-0.2, -0.15) is 0 Å². The average Bonchev–Trinajstić information content (AvgIpc) is 2.32. The standard InChI is InChI=1S/C12H7Cl2NO3/c13-8-3-1-6(5-9(8)14)10-4-2-7(12(17)18)11(16)15-10/h1-5H,(H,15,16)(H,17,18). The average molecular weight is 284 g/mol. The van der Waals surface area contributed by atoms with Crippen molar-refractivity contribution in [2.24, 2.45) is 0 Å². The molecule has 4 nitrogen and oxygen atoms in total. The number of nitrogens with one attached hydrogen (secondary N) is 1. The molecule has 0 amide bonds. The van der Waals surface area contributed by atoms with Gasteiger partial charge in [0.15, 0.2) is 0 Å². The van der Waals surface area contributed by atoms with Crippen LogP contribution in [0, 0.1) is 0 Å². The zero-order chi connectivity index (χ0) is 13.3. The fourth-order valence-corrected chi connectivity index (χ4v) is 1.77. The summed E-state index contributed by atoms with van der Waals surface area (Å²) in [4.78, 5) is 24.7. The summed E-state index contributed by atoms with van der Waals surface area (Å²) in [5, 5.41) is 9.52. The van der Waals surface area contributed by atoms with Crippen LogP contribution in [-0.4, -0.2) is 16.1 Å². The Labute approximate surface area is 112 Å². The lowest BCUT2D eigenvalue weighted by Gasteiger charge is -2.04. The molecular formula is C12H7Cl2NO3. The minimum atomic E-state index is -1.27. The molecule has 0 aliphatic rings. The first-order valence-electron chi connectivity index (χ1n) is 4.91. The molecule has 0 unspecified atom stereocenters. The van der Waals surface area contributed by atoms with Crippen LogP contribution in [0.1, 0.15) is 10.4 Å². The van der Waals surface area contributed by atoms with Gasteiger partial charge in [-0.15, -0.1) is 0 Å². The second kappa shape index (κ2) is 4.84. The maximum atomic E-state index is 11.5. The molecule has 0 aliphatic heterocycles. The number of hydrogen-bond acceptors (Lipinski definition) is 2. The predicted octanol–water partition coefficient (Wildman–Crippen LogP) is 3.05. The molecule has 2 aromatic rings. The van der Waals surface area contributed by atoms with Crippen molar-refractivity contribution in [3.8, 4) is 11.3 Å². The first kappa shape index (κ1) is 12.7. The van der Waals surface area contributed by atoms with Gasteiger partial charge in [-0.1, -0.05) is 29.3 Å². The van der Waals surface area contributed by atoms with Gasteiger partial charge in [-0.05, 0) is 29.8 Å². The third-order valence-electron chi connectivity index (χ3n) is 2.37. The molecule has 18 heavy (non-hydrogen) atoms. The molecule has 0 atom stereocenters. The second-order valence-electron chi connectivity index (χ2n) is 3.55. The van der Waals surface area contributed by atoms with Crippen LogP contribution in [0.4, 0.5) is 0 Å². The van der Waals surface area contributed by atoms with Crippen LogP contribution in [0.5, 0.6) is 0 Å². The molecule has 92 valence electrons. The van der Waals surface area contributed by atoms with Crippen LogP contribution in [0.2, 0.25) is 10.0 Å². The summed E-state index contributed by atoms with van der Waals surface area (Å²) in [6.07, 6.45) is 0. The molecule has 0 fully saturated rings. The van der Waals surface area contributed by atoms with E-state index >= 15 is 0 Å². The molecule has 2 N–H and O–H groups in total. The zero-order valence-electron chi connectivity index (χ0n) is 8.91. The molecule has 0 radical (unpaired) electrons. The lowest BCUT2D eigenvalue weighted by atomic mass is 10.1. The van der Waals surface area contributed by atoms with Gasteiger partial charge >= 0.3 is 5.97 Å². The molecule has 0 aliphatic carbocycles. The highest BCUT2D eigenvalue weighted by molar-refractivity contribution is 6.42. The minimum Gasteiger partial charge on any atom is -0.477 e. The van der Waals surface area contributed by atoms with Gasteiger partial charge in [0.1, 0.15) is 5.56 Å². The highest BCUT2D eigenvalue weighted by atomic mass is 35.5. The molecule has 0 bridgehead atoms. The molecule has 1 aromatic carbocycles. The van der Waals surface area contributed by atoms with Gasteiger partial charge in [0, 0.05) is 5.69 Å². The smallest absolute Gasteiger partial charge is 0.341 e. The van der Waals surface area contributed by atoms with Crippen molar-refractivity contribution in [1.29, 1.82) is 0 Å². The fraction of sp³-hybridized carbons (Fsp3) is 0. The maximum absolute atomic E-state index is 11.5. The summed E-state index contributed by atoms with van der Waals surface area (Å²) in [6, 6.07) is 7.63. The van der Waals surface area contributed by atoms with Gasteiger partial charge in [0.2, 0.25) is 0 Å². The Bertz CT molecular complexity index is 679. The number of halogens is 2. The quantitative estimate of drug-likeness (QED) is 0.890. The normalized spacial score (nSPS) is 10.3. The summed E-state index contributed by atoms with van der Waals surface area (Å²) < 4.78 is 0. The highest BCUT2D eigenvalue weighted by Crippen LogP contribution is 2.27. The molecule has 1 aromatic heterocycles. The number of aromatic amines is 1. The number of benzene rings is 1. The number of pyridine rings is 1. The van der Waals surface area contributed by atoms with E-state index < -0.39 is 11.5 Å². The van der Waals surface area contributed by atoms with E-state index in [1.807, 2.05) is 0 Å². The number of carboxylic acid groups (broad SMARTS) is 1. The Hall–Kier alpha value is -1.78. The molecule has 2 rings (SSSR count). The van der Waals surface area contributed by atoms with Crippen LogP contribution < -0.4 is 5.56 Å². The number of rotatable bonds is 2. The first-order valence-corrected chi connectivity index (χ1v) is 5.66. The summed E-state index contributed by atoms with van der Waals surface area (Å²) in [7, 11) is 0. The van der Waals surface area contributed by atoms with Crippen LogP contribution in [0.25, 0.3) is 11.3 Å². The molecule has 0 saturated heterocycles. The van der Waals surface area contributed by atoms with Crippen molar-refractivity contribution in [3.63, 3.8) is 0 Å². The lowest BCUT2D eigenvalue weighted by Crippen LogP contribution is -2.17. The number of aromatic carboxylic acids is 1. The van der Waals surface area contributed by atoms with E-state index in [4.69, 9.17) is 28.3 Å². The summed E-state index contributed by atoms with van der Waals surface area (Å²) >= 11 is 11.7. The number of carboxylic acids is 1. The van der Waals surface area contributed by atoms with Crippen molar-refractivity contribution < 1.29 is 9.90 Å². The van der Waals surface area contributed by atoms with Crippen molar-refractivity contribution in [3.05, 3.63) is 56.3 Å². The molecular weight excluding hydrogens is 277 g/mol. The predicted molar refractivity (Wildman–Crippen MR) is 69.5 cm³/mol. The van der Waals surface area contributed by atoms with Gasteiger partial charge in [-0.3, -0.25) is 4.79 Å². The van der Waals surface area contributed by atoms with E-state index in [0.29, 0.717) is 21.3 Å². The first-order chi connectivity index (χ1) is 8.49. The van der Waals surface area contributed by atoms with Gasteiger partial charge < -0.3 is 10.1 Å². The van der Waals surface area contributed by atoms with E-state index in [9.17, 15) is 9.59 Å². The molecule has 1 heterocycles. The largest absolute Gasteiger partial charge is 0.477 e. The number of carbonyl (C=O) groups is 1. The van der Waals surface area contributed by atoms with Gasteiger partial charge in [0.25, 0.3) is 5.56 Å². The number of hydrogen-bond donors (Lipinski definition) is 2. The monoisotopic (exact) mass is 283 g/mol. The summed E-state index contributed by atoms with van der Waals surface area (Å²) in [5.74, 6) is -1.27. The zero-order valence-corrected chi connectivity index (χ0v) is 10.4. The lowest BCUT2D eigenvalue weighted by molar-refractivity contribution is 0.0695. The number of aromatic nitrogens is 1. The van der Waals surface area contributed by atoms with Crippen molar-refractivity contribution in [1.82, 2.24) is 4.98 Å². The fourth-order valence-electron chi connectivity index (χ4n) is 1.47. The highest BCUT2D eigenvalue weighted by Gasteiger charge is 2.10. The Balaban J connectivity index is 2.52. The summed E-state index contributed by atoms with van der Waals surface area (Å²) in [6.45, 7) is 0. The SMILES string of the molecule is O=C(O)c1ccc(-c2ccc(Cl)c(Cl)c2)[nH]c1=O. The van der Waals surface area contributed by atoms with E-state index in [2.05, 4.69) is 4.98 Å². The molecule has 6 heteroatoms. The van der Waals surface area contributed by atoms with Crippen LogP contribution in [-0.2, 0) is 0 Å². The third-order valence-corrected chi connectivity index (χ3v) is 3.11. The Morgan fingerprint density at radius 1 is 1.11 bits per heavy atom. The van der Waals surface area contributed by atoms with Gasteiger partial charge in [0.05, 0.1) is 10.0 Å². The Morgan fingerprint density at radius 2 is 1.83 bits per heavy atom. The Kier molecular flexibility index (Phi) is 3.41. The Morgan fingerprint density at radius 3 is 2.39 bits per heavy atom. The maximum Gasteiger partial charge on any atom is 0.341 e. The molecule has 0 saturated carbocycles. The minimum absolute atomic E-state index is 0.307. The van der Waals surface area contributed by atoms with Crippen LogP contribution >= 0.6 is 23.2 Å². The molecule has 0 spiro atoms. The van der Waals surface area contributed by atoms with E-state index in [1.54, 1.807) is 18.2 Å². The van der Waals surface area contributed by atoms with E-state index in [-0.39, 0.29) is 5.56 Å². The topological polar surface area (TPSA) is 70.2 Å². The van der Waals surface area contributed by atoms with Crippen molar-refractivity contribution in [2.45, 2.75) is 0 Å². The summed E-state index contributed by atoms with van der Waals surface area (Å²) in [5.41, 5.74) is 0.159. The van der Waals surface area contributed by atoms with E-state index in [1.165, 1.54) is 12.1 Å². The van der Waals surface area contributed by atoms with Crippen LogP contribution in [0.3, 0.4) is 0 Å². The van der Waals surface area contributed by atoms with Gasteiger partial charge in [-0.25, -0.2) is 4.79 Å². The van der Waals surface area contributed by atoms with Crippen molar-refractivity contribution >= 4 is 29.2 Å². The third kappa shape index (κ3) is 2.39. The van der Waals surface area contributed by atoms with E-state index in [0.717, 1.165) is 0 Å². The second-order valence-corrected chi connectivity index (χ2v) is 4.36. The van der Waals surface area contributed by atoms with Crippen LogP contribution in [0.15, 0.2) is 35.1 Å². The number of H-pyrrole nitrogens is 1. The van der Waals surface area contributed by atoms with Crippen molar-refractivity contribution in [2.75, 3.05) is 0 Å².